The Hall–Kier alpha value is -4.11. The molecular formula is C35H31Cl3N4O4. The van der Waals surface area contributed by atoms with Crippen LogP contribution in [0.25, 0.3) is 0 Å². The molecule has 0 aromatic heterocycles. The van der Waals surface area contributed by atoms with Gasteiger partial charge in [-0.05, 0) is 23.3 Å². The first-order valence-electron chi connectivity index (χ1n) is 14.8. The second-order valence-corrected chi connectivity index (χ2v) is 13.4. The number of methoxy groups -OCH3 is 2. The molecule has 2 saturated heterocycles. The Bertz CT molecular complexity index is 1720. The highest BCUT2D eigenvalue weighted by molar-refractivity contribution is 6.63. The fourth-order valence-corrected chi connectivity index (χ4v) is 7.89. The summed E-state index contributed by atoms with van der Waals surface area (Å²) >= 11 is 14.4. The number of hydrogen-bond acceptors (Lipinski definition) is 4. The number of halogens is 3. The molecule has 46 heavy (non-hydrogen) atoms. The van der Waals surface area contributed by atoms with Crippen LogP contribution in [-0.2, 0) is 37.5 Å². The Labute approximate surface area is 282 Å². The fourth-order valence-electron chi connectivity index (χ4n) is 7.89. The molecule has 2 fully saturated rings. The molecule has 0 saturated carbocycles. The Morgan fingerprint density at radius 3 is 1.22 bits per heavy atom. The number of alkyl halides is 3. The number of fused-ring (bicyclic) bond motifs is 2. The van der Waals surface area contributed by atoms with E-state index < -0.39 is 15.6 Å². The van der Waals surface area contributed by atoms with Crippen LogP contribution in [0.2, 0.25) is 0 Å². The SMILES string of the molecule is COc1ccc(OC)c2c1CN1C(=O)N3Cc4ccccc4CN4C(=O)N(C2)C1(c1ccccc1)C34c1ccccc1.ClC(Cl)Cl. The molecule has 4 heterocycles. The summed E-state index contributed by atoms with van der Waals surface area (Å²) in [4.78, 5) is 37.8. The van der Waals surface area contributed by atoms with Crippen LogP contribution in [0, 0.1) is 0 Å². The average molecular weight is 678 g/mol. The standard InChI is InChI=1S/C34H30N4O4.CHCl3/c1-41-29-17-18-30(42-2)28-22-38-32(40)36-20-24-12-10-9-11-23(24)19-35-31(39)37(21-27(28)29)34(38,26-15-7-4-8-16-26)33(35,36)25-13-5-3-6-14-25;2-1(3)4/h3-18H,19-22H2,1-2H3;1H. The van der Waals surface area contributed by atoms with Crippen molar-refractivity contribution in [2.45, 2.75) is 41.8 Å². The van der Waals surface area contributed by atoms with Crippen molar-refractivity contribution in [3.8, 4) is 11.5 Å². The lowest BCUT2D eigenvalue weighted by molar-refractivity contribution is -0.0794. The molecule has 0 N–H and O–H groups in total. The third-order valence-corrected chi connectivity index (χ3v) is 9.52. The molecule has 0 spiro atoms. The topological polar surface area (TPSA) is 65.6 Å². The summed E-state index contributed by atoms with van der Waals surface area (Å²) in [5, 5.41) is 0. The van der Waals surface area contributed by atoms with Crippen molar-refractivity contribution in [2.75, 3.05) is 14.2 Å². The van der Waals surface area contributed by atoms with Crippen molar-refractivity contribution >= 4 is 46.9 Å². The summed E-state index contributed by atoms with van der Waals surface area (Å²) in [5.74, 6) is 1.32. The first kappa shape index (κ1) is 30.5. The number of rotatable bonds is 4. The van der Waals surface area contributed by atoms with Gasteiger partial charge in [-0.25, -0.2) is 9.59 Å². The molecule has 0 radical (unpaired) electrons. The Balaban J connectivity index is 0.000000801. The Morgan fingerprint density at radius 2 is 0.870 bits per heavy atom. The Morgan fingerprint density at radius 1 is 0.543 bits per heavy atom. The van der Waals surface area contributed by atoms with E-state index in [-0.39, 0.29) is 25.2 Å². The highest BCUT2D eigenvalue weighted by Gasteiger charge is 2.80. The molecule has 0 aliphatic carbocycles. The van der Waals surface area contributed by atoms with Gasteiger partial charge in [0, 0.05) is 22.3 Å². The van der Waals surface area contributed by atoms with Crippen LogP contribution in [-0.4, -0.2) is 50.2 Å². The molecule has 4 aromatic rings. The van der Waals surface area contributed by atoms with Crippen molar-refractivity contribution in [1.29, 1.82) is 0 Å². The molecule has 4 aromatic carbocycles. The third-order valence-electron chi connectivity index (χ3n) is 9.52. The molecule has 0 atom stereocenters. The van der Waals surface area contributed by atoms with E-state index in [1.54, 1.807) is 14.2 Å². The maximum absolute atomic E-state index is 15.1. The van der Waals surface area contributed by atoms with E-state index in [2.05, 4.69) is 12.1 Å². The number of urea groups is 2. The zero-order chi connectivity index (χ0) is 32.2. The highest BCUT2D eigenvalue weighted by atomic mass is 35.6. The van der Waals surface area contributed by atoms with Gasteiger partial charge in [0.05, 0.1) is 40.4 Å². The van der Waals surface area contributed by atoms with E-state index in [9.17, 15) is 0 Å². The molecule has 8 nitrogen and oxygen atoms in total. The van der Waals surface area contributed by atoms with Gasteiger partial charge in [-0.1, -0.05) is 120 Å². The van der Waals surface area contributed by atoms with Crippen molar-refractivity contribution in [2.24, 2.45) is 0 Å². The smallest absolute Gasteiger partial charge is 0.325 e. The number of amides is 4. The van der Waals surface area contributed by atoms with Gasteiger partial charge >= 0.3 is 12.1 Å². The minimum Gasteiger partial charge on any atom is -0.496 e. The van der Waals surface area contributed by atoms with Crippen molar-refractivity contribution < 1.29 is 19.1 Å². The number of nitrogens with zero attached hydrogens (tertiary/aromatic N) is 4. The first-order chi connectivity index (χ1) is 22.3. The molecule has 11 heteroatoms. The maximum Gasteiger partial charge on any atom is 0.325 e. The van der Waals surface area contributed by atoms with Crippen LogP contribution in [0.3, 0.4) is 0 Å². The summed E-state index contributed by atoms with van der Waals surface area (Å²) in [7, 11) is 3.27. The van der Waals surface area contributed by atoms with Gasteiger partial charge in [0.15, 0.2) is 15.6 Å². The van der Waals surface area contributed by atoms with Gasteiger partial charge in [0.25, 0.3) is 0 Å². The minimum atomic E-state index is -1.19. The van der Waals surface area contributed by atoms with Crippen LogP contribution >= 0.6 is 34.8 Å². The second-order valence-electron chi connectivity index (χ2n) is 11.4. The molecule has 0 bridgehead atoms. The lowest BCUT2D eigenvalue weighted by Gasteiger charge is -2.49. The van der Waals surface area contributed by atoms with E-state index in [1.165, 1.54) is 0 Å². The Kier molecular flexibility index (Phi) is 7.70. The molecule has 4 aliphatic rings. The van der Waals surface area contributed by atoms with Crippen molar-refractivity contribution in [3.63, 3.8) is 0 Å². The fraction of sp³-hybridized carbons (Fsp3) is 0.257. The molecular weight excluding hydrogens is 647 g/mol. The summed E-state index contributed by atoms with van der Waals surface area (Å²) in [6.45, 7) is 1.23. The number of hydrogen-bond donors (Lipinski definition) is 0. The number of carbonyl (C=O) groups excluding carboxylic acids is 2. The summed E-state index contributed by atoms with van der Waals surface area (Å²) < 4.78 is 10.9. The van der Waals surface area contributed by atoms with Crippen LogP contribution in [0.15, 0.2) is 97.1 Å². The van der Waals surface area contributed by atoms with E-state index >= 15 is 9.59 Å². The summed E-state index contributed by atoms with van der Waals surface area (Å²) in [5.41, 5.74) is 3.17. The predicted octanol–water partition coefficient (Wildman–Crippen LogP) is 7.60. The summed E-state index contributed by atoms with van der Waals surface area (Å²) in [6, 6.07) is 31.7. The van der Waals surface area contributed by atoms with Gasteiger partial charge < -0.3 is 9.47 Å². The van der Waals surface area contributed by atoms with Gasteiger partial charge in [0.1, 0.15) is 11.5 Å². The number of carbonyl (C=O) groups is 2. The lowest BCUT2D eigenvalue weighted by atomic mass is 9.79. The average Bonchev–Trinajstić information content (AvgIpc) is 3.24. The highest BCUT2D eigenvalue weighted by Crippen LogP contribution is 2.65. The normalized spacial score (nSPS) is 22.4. The second kappa shape index (κ2) is 11.6. The molecule has 0 unspecified atom stereocenters. The summed E-state index contributed by atoms with van der Waals surface area (Å²) in [6.07, 6.45) is 0. The van der Waals surface area contributed by atoms with E-state index in [0.29, 0.717) is 24.6 Å². The van der Waals surface area contributed by atoms with E-state index in [1.807, 2.05) is 105 Å². The first-order valence-corrected chi connectivity index (χ1v) is 16.1. The zero-order valence-electron chi connectivity index (χ0n) is 25.2. The number of benzene rings is 4. The maximum atomic E-state index is 15.1. The third kappa shape index (κ3) is 4.13. The van der Waals surface area contributed by atoms with Gasteiger partial charge in [-0.3, -0.25) is 19.6 Å². The predicted molar refractivity (Wildman–Crippen MR) is 177 cm³/mol. The molecule has 236 valence electrons. The molecule has 8 rings (SSSR count). The van der Waals surface area contributed by atoms with Crippen molar-refractivity contribution in [1.82, 2.24) is 19.6 Å². The quantitative estimate of drug-likeness (QED) is 0.209. The van der Waals surface area contributed by atoms with Crippen molar-refractivity contribution in [3.05, 3.63) is 130 Å². The van der Waals surface area contributed by atoms with Gasteiger partial charge in [0.2, 0.25) is 0 Å². The molecule has 4 amide bonds. The van der Waals surface area contributed by atoms with E-state index in [0.717, 1.165) is 33.4 Å². The zero-order valence-corrected chi connectivity index (χ0v) is 27.5. The van der Waals surface area contributed by atoms with Crippen LogP contribution < -0.4 is 9.47 Å². The van der Waals surface area contributed by atoms with E-state index in [4.69, 9.17) is 44.3 Å². The van der Waals surface area contributed by atoms with Gasteiger partial charge in [-0.15, -0.1) is 0 Å². The monoisotopic (exact) mass is 676 g/mol. The van der Waals surface area contributed by atoms with Crippen LogP contribution in [0.1, 0.15) is 33.4 Å². The molecule has 4 aliphatic heterocycles. The number of ether oxygens (including phenoxy) is 2. The largest absolute Gasteiger partial charge is 0.496 e. The van der Waals surface area contributed by atoms with Gasteiger partial charge in [-0.2, -0.15) is 0 Å². The van der Waals surface area contributed by atoms with Crippen LogP contribution in [0.4, 0.5) is 9.59 Å². The minimum absolute atomic E-state index is 0.139. The lowest BCUT2D eigenvalue weighted by Crippen LogP contribution is -2.62. The van der Waals surface area contributed by atoms with Crippen LogP contribution in [0.5, 0.6) is 11.5 Å².